The van der Waals surface area contributed by atoms with Gasteiger partial charge in [0.15, 0.2) is 17.8 Å². The molecule has 4 bridgehead atoms. The number of esters is 4. The minimum Gasteiger partial charge on any atom is -0.458 e. The lowest BCUT2D eigenvalue weighted by Gasteiger charge is -2.64. The smallest absolute Gasteiger partial charge is 0.338 e. The van der Waals surface area contributed by atoms with Crippen LogP contribution >= 0.6 is 0 Å². The van der Waals surface area contributed by atoms with Crippen LogP contribution in [0, 0.1) is 46.8 Å². The van der Waals surface area contributed by atoms with Crippen LogP contribution < -0.4 is 0 Å². The van der Waals surface area contributed by atoms with E-state index in [2.05, 4.69) is 11.8 Å². The van der Waals surface area contributed by atoms with Crippen molar-refractivity contribution < 1.29 is 68.4 Å². The summed E-state index contributed by atoms with van der Waals surface area (Å²) < 4.78 is 31.3. The Bertz CT molecular complexity index is 1620. The summed E-state index contributed by atoms with van der Waals surface area (Å²) >= 11 is 0. The standard InChI is InChI=1S/C41H63NO14/c1-10-20(4)34(46)55-33-28(45)27-23(18-42-17-19(3)12-13-25(42)38(27,9)49)24-16-39-32(40(24,33)50)30(53-22(6)44)29(52-21(5)43)31-36(39,7)15-14-26(41(31,51)56-39)54-35(47)37(8,48)11-2/h19-20,23-33,45,48-51H,10-18H2,1-9H3/t19-,20+,23-,24+,25-,26-,27+,28-,29-,30+,31-,32+,33-,36+,37-,38+,39+,40-,41+/m1/s1. The van der Waals surface area contributed by atoms with Crippen LogP contribution in [0.25, 0.3) is 0 Å². The third kappa shape index (κ3) is 5.60. The molecule has 0 aromatic carbocycles. The zero-order valence-corrected chi connectivity index (χ0v) is 34.2. The van der Waals surface area contributed by atoms with E-state index in [-0.39, 0.29) is 31.7 Å². The molecular formula is C41H63NO14. The molecule has 56 heavy (non-hydrogen) atoms. The van der Waals surface area contributed by atoms with Gasteiger partial charge in [-0.25, -0.2) is 4.79 Å². The van der Waals surface area contributed by atoms with E-state index in [9.17, 15) is 44.7 Å². The summed E-state index contributed by atoms with van der Waals surface area (Å²) in [5, 5.41) is 62.9. The van der Waals surface area contributed by atoms with Crippen molar-refractivity contribution >= 4 is 23.9 Å². The van der Waals surface area contributed by atoms with Crippen LogP contribution in [0.4, 0.5) is 0 Å². The van der Waals surface area contributed by atoms with Gasteiger partial charge in [-0.15, -0.1) is 0 Å². The van der Waals surface area contributed by atoms with Crippen LogP contribution in [0.1, 0.15) is 107 Å². The second-order valence-corrected chi connectivity index (χ2v) is 19.2. The highest BCUT2D eigenvalue weighted by molar-refractivity contribution is 5.79. The summed E-state index contributed by atoms with van der Waals surface area (Å²) in [7, 11) is 0. The maximum absolute atomic E-state index is 13.9. The molecular weight excluding hydrogens is 730 g/mol. The summed E-state index contributed by atoms with van der Waals surface area (Å²) in [6.07, 6.45) is -5.31. The highest BCUT2D eigenvalue weighted by Crippen LogP contribution is 2.78. The van der Waals surface area contributed by atoms with Crippen molar-refractivity contribution in [3.8, 4) is 0 Å². The van der Waals surface area contributed by atoms with Gasteiger partial charge < -0.3 is 49.2 Å². The first-order valence-electron chi connectivity index (χ1n) is 20.7. The fraction of sp³-hybridized carbons (Fsp3) is 0.902. The second kappa shape index (κ2) is 13.6. The zero-order chi connectivity index (χ0) is 41.3. The number of aliphatic hydroxyl groups is 5. The van der Waals surface area contributed by atoms with E-state index in [4.69, 9.17) is 23.7 Å². The summed E-state index contributed by atoms with van der Waals surface area (Å²) in [6.45, 7) is 15.5. The van der Waals surface area contributed by atoms with Gasteiger partial charge >= 0.3 is 23.9 Å². The number of ether oxygens (including phenoxy) is 5. The summed E-state index contributed by atoms with van der Waals surface area (Å²) in [6, 6.07) is -0.309. The first-order valence-corrected chi connectivity index (χ1v) is 20.7. The maximum atomic E-state index is 13.9. The number of rotatable bonds is 8. The van der Waals surface area contributed by atoms with Gasteiger partial charge in [0.2, 0.25) is 5.79 Å². The fourth-order valence-electron chi connectivity index (χ4n) is 13.1. The molecule has 7 fully saturated rings. The number of nitrogens with zero attached hydrogens (tertiary/aromatic N) is 1. The summed E-state index contributed by atoms with van der Waals surface area (Å²) in [5.41, 5.74) is -8.37. The molecule has 19 atom stereocenters. The summed E-state index contributed by atoms with van der Waals surface area (Å²) in [4.78, 5) is 55.6. The Balaban J connectivity index is 1.45. The van der Waals surface area contributed by atoms with Crippen molar-refractivity contribution in [2.45, 2.75) is 172 Å². The number of hydrogen-bond acceptors (Lipinski definition) is 15. The van der Waals surface area contributed by atoms with Crippen molar-refractivity contribution in [1.82, 2.24) is 4.90 Å². The van der Waals surface area contributed by atoms with Crippen LogP contribution in [0.3, 0.4) is 0 Å². The minimum atomic E-state index is -2.38. The number of piperidine rings is 2. The van der Waals surface area contributed by atoms with Crippen LogP contribution in [-0.2, 0) is 42.9 Å². The Kier molecular flexibility index (Phi) is 10.1. The van der Waals surface area contributed by atoms with Crippen molar-refractivity contribution in [2.75, 3.05) is 13.1 Å². The Morgan fingerprint density at radius 2 is 1.55 bits per heavy atom. The molecule has 0 amide bonds. The number of carbonyl (C=O) groups is 4. The van der Waals surface area contributed by atoms with Crippen molar-refractivity contribution in [2.24, 2.45) is 46.8 Å². The molecule has 5 N–H and O–H groups in total. The van der Waals surface area contributed by atoms with Crippen molar-refractivity contribution in [1.29, 1.82) is 0 Å². The Morgan fingerprint density at radius 3 is 2.14 bits per heavy atom. The number of aliphatic hydroxyl groups excluding tert-OH is 1. The van der Waals surface area contributed by atoms with E-state index in [1.165, 1.54) is 20.8 Å². The van der Waals surface area contributed by atoms with Crippen LogP contribution in [-0.4, -0.2) is 132 Å². The first-order chi connectivity index (χ1) is 26.0. The van der Waals surface area contributed by atoms with Gasteiger partial charge in [0, 0.05) is 44.3 Å². The van der Waals surface area contributed by atoms with Gasteiger partial charge in [-0.3, -0.25) is 19.3 Å². The monoisotopic (exact) mass is 793 g/mol. The number of carbonyl (C=O) groups excluding carboxylic acids is 4. The minimum absolute atomic E-state index is 0.0107. The normalized spacial score (nSPS) is 50.5. The van der Waals surface area contributed by atoms with E-state index in [0.29, 0.717) is 31.8 Å². The van der Waals surface area contributed by atoms with Gasteiger partial charge in [-0.2, -0.15) is 0 Å². The molecule has 7 aliphatic rings. The van der Waals surface area contributed by atoms with Gasteiger partial charge in [0.05, 0.1) is 35.1 Å². The molecule has 15 heteroatoms. The van der Waals surface area contributed by atoms with Crippen molar-refractivity contribution in [3.05, 3.63) is 0 Å². The van der Waals surface area contributed by atoms with Crippen LogP contribution in [0.2, 0.25) is 0 Å². The zero-order valence-electron chi connectivity index (χ0n) is 34.2. The average molecular weight is 794 g/mol. The Morgan fingerprint density at radius 1 is 0.929 bits per heavy atom. The van der Waals surface area contributed by atoms with Crippen LogP contribution in [0.15, 0.2) is 0 Å². The average Bonchev–Trinajstić information content (AvgIpc) is 3.40. The van der Waals surface area contributed by atoms with E-state index in [1.54, 1.807) is 20.8 Å². The molecule has 0 aromatic rings. The predicted octanol–water partition coefficient (Wildman–Crippen LogP) is 1.61. The topological polar surface area (TPSA) is 219 Å². The highest BCUT2D eigenvalue weighted by atomic mass is 16.7. The molecule has 0 unspecified atom stereocenters. The van der Waals surface area contributed by atoms with Gasteiger partial charge in [0.25, 0.3) is 0 Å². The third-order valence-corrected chi connectivity index (χ3v) is 16.0. The summed E-state index contributed by atoms with van der Waals surface area (Å²) in [5.74, 6) is -10.8. The van der Waals surface area contributed by atoms with E-state index in [0.717, 1.165) is 6.42 Å². The van der Waals surface area contributed by atoms with E-state index >= 15 is 0 Å². The molecule has 15 nitrogen and oxygen atoms in total. The molecule has 316 valence electrons. The Labute approximate surface area is 328 Å². The van der Waals surface area contributed by atoms with Gasteiger partial charge in [-0.1, -0.05) is 34.6 Å². The largest absolute Gasteiger partial charge is 0.458 e. The lowest BCUT2D eigenvalue weighted by Crippen LogP contribution is -2.78. The van der Waals surface area contributed by atoms with Crippen molar-refractivity contribution in [3.63, 3.8) is 0 Å². The molecule has 3 aliphatic heterocycles. The van der Waals surface area contributed by atoms with E-state index < -0.39 is 124 Å². The molecule has 1 spiro atoms. The molecule has 3 heterocycles. The highest BCUT2D eigenvalue weighted by Gasteiger charge is 2.90. The predicted molar refractivity (Wildman–Crippen MR) is 195 cm³/mol. The lowest BCUT2D eigenvalue weighted by atomic mass is 9.48. The van der Waals surface area contributed by atoms with Gasteiger partial charge in [-0.05, 0) is 76.5 Å². The van der Waals surface area contributed by atoms with Gasteiger partial charge in [0.1, 0.15) is 17.8 Å². The molecule has 7 rings (SSSR count). The fourth-order valence-corrected chi connectivity index (χ4v) is 13.1. The van der Waals surface area contributed by atoms with E-state index in [1.807, 2.05) is 13.8 Å². The first kappa shape index (κ1) is 41.7. The van der Waals surface area contributed by atoms with Crippen LogP contribution in [0.5, 0.6) is 0 Å². The molecule has 0 aromatic heterocycles. The molecule has 3 saturated heterocycles. The lowest BCUT2D eigenvalue weighted by molar-refractivity contribution is -0.301. The quantitative estimate of drug-likeness (QED) is 0.174. The third-order valence-electron chi connectivity index (χ3n) is 16.0. The second-order valence-electron chi connectivity index (χ2n) is 19.2. The SMILES string of the molecule is CC[C@H](C)C(=O)O[C@@H]1[C@H](O)[C@@H]2[C@H](CN3C[C@H](C)CC[C@@H]3[C@]2(C)O)[C@@H]2C[C@@]34O[C@@]5(O)[C@H](OC(=O)[C@](C)(O)CC)CC[C@@]3(C)[C@H]5[C@H](OC(C)=O)[C@H](OC(C)=O)[C@@H]4[C@@]12O. The molecule has 4 aliphatic carbocycles. The molecule has 4 saturated carbocycles. The maximum Gasteiger partial charge on any atom is 0.338 e. The Hall–Kier alpha value is -2.40. The number of hydrogen-bond donors (Lipinski definition) is 5. The number of fused-ring (bicyclic) bond motifs is 5. The molecule has 0 radical (unpaired) electrons.